The zero-order valence-electron chi connectivity index (χ0n) is 12.8. The Kier molecular flexibility index (Phi) is 6.14. The van der Waals surface area contributed by atoms with Crippen molar-refractivity contribution in [2.24, 2.45) is 0 Å². The van der Waals surface area contributed by atoms with Crippen LogP contribution in [0, 0.1) is 0 Å². The summed E-state index contributed by atoms with van der Waals surface area (Å²) in [7, 11) is 1.75. The van der Waals surface area contributed by atoms with Crippen molar-refractivity contribution in [3.05, 3.63) is 40.4 Å². The van der Waals surface area contributed by atoms with Gasteiger partial charge in [0.25, 0.3) is 0 Å². The number of carbonyl (C=O) groups excluding carboxylic acids is 1. The van der Waals surface area contributed by atoms with Crippen LogP contribution in [0.1, 0.15) is 29.4 Å². The molecule has 2 aromatic heterocycles. The van der Waals surface area contributed by atoms with Crippen molar-refractivity contribution in [1.29, 1.82) is 0 Å². The van der Waals surface area contributed by atoms with Gasteiger partial charge in [-0.1, -0.05) is 0 Å². The van der Waals surface area contributed by atoms with Crippen LogP contribution in [0.2, 0.25) is 0 Å². The third kappa shape index (κ3) is 4.41. The SMILES string of the molecule is CSCc1nc(CNC(=O)N(C)C(C)c2ccncn2)cs1. The standard InChI is InChI=1S/C14H19N5OS2/c1-10(12-4-5-15-9-17-12)19(2)14(20)16-6-11-7-22-13(18-11)8-21-3/h4-5,7,9-10H,6,8H2,1-3H3,(H,16,20). The molecule has 6 nitrogen and oxygen atoms in total. The maximum Gasteiger partial charge on any atom is 0.318 e. The number of nitrogens with zero attached hydrogens (tertiary/aromatic N) is 4. The Labute approximate surface area is 138 Å². The van der Waals surface area contributed by atoms with Crippen LogP contribution in [0.5, 0.6) is 0 Å². The van der Waals surface area contributed by atoms with Gasteiger partial charge in [0.15, 0.2) is 0 Å². The van der Waals surface area contributed by atoms with Gasteiger partial charge in [-0.05, 0) is 19.2 Å². The summed E-state index contributed by atoms with van der Waals surface area (Å²) in [6.45, 7) is 2.37. The summed E-state index contributed by atoms with van der Waals surface area (Å²) in [5, 5.41) is 5.95. The number of urea groups is 1. The number of amides is 2. The maximum atomic E-state index is 12.2. The van der Waals surface area contributed by atoms with E-state index in [1.807, 2.05) is 24.6 Å². The first-order valence-corrected chi connectivity index (χ1v) is 9.08. The van der Waals surface area contributed by atoms with Gasteiger partial charge in [0.05, 0.1) is 24.0 Å². The van der Waals surface area contributed by atoms with E-state index in [9.17, 15) is 4.79 Å². The predicted octanol–water partition coefficient (Wildman–Crippen LogP) is 2.70. The molecule has 2 amide bonds. The largest absolute Gasteiger partial charge is 0.332 e. The van der Waals surface area contributed by atoms with Gasteiger partial charge >= 0.3 is 6.03 Å². The lowest BCUT2D eigenvalue weighted by Gasteiger charge is -2.24. The lowest BCUT2D eigenvalue weighted by molar-refractivity contribution is 0.193. The third-order valence-electron chi connectivity index (χ3n) is 3.22. The molecule has 2 rings (SSSR count). The van der Waals surface area contributed by atoms with Crippen LogP contribution in [-0.2, 0) is 12.3 Å². The van der Waals surface area contributed by atoms with Crippen LogP contribution >= 0.6 is 23.1 Å². The smallest absolute Gasteiger partial charge is 0.318 e. The summed E-state index contributed by atoms with van der Waals surface area (Å²) < 4.78 is 0. The van der Waals surface area contributed by atoms with Gasteiger partial charge in [-0.2, -0.15) is 11.8 Å². The van der Waals surface area contributed by atoms with Gasteiger partial charge in [0.2, 0.25) is 0 Å². The minimum absolute atomic E-state index is 0.120. The average molecular weight is 337 g/mol. The van der Waals surface area contributed by atoms with E-state index in [-0.39, 0.29) is 12.1 Å². The van der Waals surface area contributed by atoms with E-state index in [1.54, 1.807) is 41.2 Å². The number of aromatic nitrogens is 3. The Balaban J connectivity index is 1.88. The molecule has 0 fully saturated rings. The Hall–Kier alpha value is -1.67. The number of thiazole rings is 1. The topological polar surface area (TPSA) is 71.0 Å². The van der Waals surface area contributed by atoms with E-state index in [0.717, 1.165) is 22.1 Å². The molecule has 0 spiro atoms. The fraction of sp³-hybridized carbons (Fsp3) is 0.429. The van der Waals surface area contributed by atoms with E-state index in [2.05, 4.69) is 20.3 Å². The summed E-state index contributed by atoms with van der Waals surface area (Å²) in [6, 6.07) is 1.54. The second-order valence-corrected chi connectivity index (χ2v) is 6.55. The molecule has 0 saturated carbocycles. The van der Waals surface area contributed by atoms with Gasteiger partial charge in [0, 0.05) is 24.4 Å². The lowest BCUT2D eigenvalue weighted by atomic mass is 10.2. The molecule has 2 heterocycles. The van der Waals surface area contributed by atoms with E-state index in [4.69, 9.17) is 0 Å². The van der Waals surface area contributed by atoms with E-state index < -0.39 is 0 Å². The highest BCUT2D eigenvalue weighted by Crippen LogP contribution is 2.16. The lowest BCUT2D eigenvalue weighted by Crippen LogP contribution is -2.38. The normalized spacial score (nSPS) is 12.0. The van der Waals surface area contributed by atoms with Crippen molar-refractivity contribution >= 4 is 29.1 Å². The highest BCUT2D eigenvalue weighted by molar-refractivity contribution is 7.97. The molecule has 8 heteroatoms. The number of rotatable bonds is 6. The number of hydrogen-bond acceptors (Lipinski definition) is 6. The van der Waals surface area contributed by atoms with E-state index in [0.29, 0.717) is 6.54 Å². The summed E-state index contributed by atoms with van der Waals surface area (Å²) in [6.07, 6.45) is 5.21. The van der Waals surface area contributed by atoms with Crippen LogP contribution in [0.4, 0.5) is 4.79 Å². The van der Waals surface area contributed by atoms with E-state index >= 15 is 0 Å². The van der Waals surface area contributed by atoms with Crippen molar-refractivity contribution in [1.82, 2.24) is 25.2 Å². The first-order chi connectivity index (χ1) is 10.6. The quantitative estimate of drug-likeness (QED) is 0.877. The average Bonchev–Trinajstić information content (AvgIpc) is 3.00. The predicted molar refractivity (Wildman–Crippen MR) is 89.8 cm³/mol. The van der Waals surface area contributed by atoms with Crippen molar-refractivity contribution in [3.8, 4) is 0 Å². The molecule has 0 saturated heterocycles. The van der Waals surface area contributed by atoms with Gasteiger partial charge < -0.3 is 10.2 Å². The molecule has 1 atom stereocenters. The fourth-order valence-electron chi connectivity index (χ4n) is 1.83. The molecule has 0 aromatic carbocycles. The van der Waals surface area contributed by atoms with Gasteiger partial charge in [0.1, 0.15) is 11.3 Å². The Morgan fingerprint density at radius 3 is 3.05 bits per heavy atom. The summed E-state index contributed by atoms with van der Waals surface area (Å²) >= 11 is 3.36. The summed E-state index contributed by atoms with van der Waals surface area (Å²) in [4.78, 5) is 26.4. The first-order valence-electron chi connectivity index (χ1n) is 6.80. The highest BCUT2D eigenvalue weighted by Gasteiger charge is 2.18. The minimum Gasteiger partial charge on any atom is -0.332 e. The number of thioether (sulfide) groups is 1. The molecule has 22 heavy (non-hydrogen) atoms. The molecule has 2 aromatic rings. The number of nitrogens with one attached hydrogen (secondary N) is 1. The first kappa shape index (κ1) is 16.7. The van der Waals surface area contributed by atoms with Gasteiger partial charge in [-0.25, -0.2) is 19.7 Å². The highest BCUT2D eigenvalue weighted by atomic mass is 32.2. The molecular formula is C14H19N5OS2. The second-order valence-electron chi connectivity index (χ2n) is 4.75. The second kappa shape index (κ2) is 8.09. The Morgan fingerprint density at radius 2 is 2.36 bits per heavy atom. The fourth-order valence-corrected chi connectivity index (χ4v) is 3.35. The molecule has 1 N–H and O–H groups in total. The Morgan fingerprint density at radius 1 is 1.55 bits per heavy atom. The zero-order chi connectivity index (χ0) is 15.9. The molecule has 118 valence electrons. The summed E-state index contributed by atoms with van der Waals surface area (Å²) in [5.41, 5.74) is 1.70. The number of carbonyl (C=O) groups is 1. The molecule has 0 bridgehead atoms. The third-order valence-corrected chi connectivity index (χ3v) is 4.86. The van der Waals surface area contributed by atoms with Crippen molar-refractivity contribution in [2.75, 3.05) is 13.3 Å². The van der Waals surface area contributed by atoms with Crippen LogP contribution in [0.3, 0.4) is 0 Å². The van der Waals surface area contributed by atoms with Crippen LogP contribution in [-0.4, -0.2) is 39.2 Å². The maximum absolute atomic E-state index is 12.2. The molecular weight excluding hydrogens is 318 g/mol. The molecule has 0 aliphatic heterocycles. The van der Waals surface area contributed by atoms with Crippen LogP contribution in [0.25, 0.3) is 0 Å². The molecule has 1 unspecified atom stereocenters. The monoisotopic (exact) mass is 337 g/mol. The van der Waals surface area contributed by atoms with Crippen molar-refractivity contribution in [2.45, 2.75) is 25.3 Å². The minimum atomic E-state index is -0.148. The van der Waals surface area contributed by atoms with Crippen LogP contribution in [0.15, 0.2) is 24.0 Å². The molecule has 0 aliphatic carbocycles. The van der Waals surface area contributed by atoms with Crippen LogP contribution < -0.4 is 5.32 Å². The summed E-state index contributed by atoms with van der Waals surface area (Å²) in [5.74, 6) is 0.906. The molecule has 0 radical (unpaired) electrons. The van der Waals surface area contributed by atoms with Gasteiger partial charge in [-0.15, -0.1) is 11.3 Å². The van der Waals surface area contributed by atoms with E-state index in [1.165, 1.54) is 6.33 Å². The van der Waals surface area contributed by atoms with Crippen molar-refractivity contribution in [3.63, 3.8) is 0 Å². The Bertz CT molecular complexity index is 604. The molecule has 0 aliphatic rings. The van der Waals surface area contributed by atoms with Gasteiger partial charge in [-0.3, -0.25) is 0 Å². The number of hydrogen-bond donors (Lipinski definition) is 1. The zero-order valence-corrected chi connectivity index (χ0v) is 14.4. The van der Waals surface area contributed by atoms with Crippen molar-refractivity contribution < 1.29 is 4.79 Å².